The molecule has 1 aromatic heterocycles. The summed E-state index contributed by atoms with van der Waals surface area (Å²) in [5.74, 6) is -0.772. The van der Waals surface area contributed by atoms with Crippen LogP contribution in [0.4, 0.5) is 10.1 Å². The van der Waals surface area contributed by atoms with Gasteiger partial charge in [0.15, 0.2) is 6.10 Å². The molecule has 1 amide bonds. The molecule has 0 aliphatic rings. The lowest BCUT2D eigenvalue weighted by molar-refractivity contribution is -0.123. The second-order valence-electron chi connectivity index (χ2n) is 5.56. The van der Waals surface area contributed by atoms with Gasteiger partial charge in [-0.25, -0.2) is 9.18 Å². The third-order valence-corrected chi connectivity index (χ3v) is 4.79. The Morgan fingerprint density at radius 3 is 2.54 bits per heavy atom. The van der Waals surface area contributed by atoms with E-state index in [9.17, 15) is 14.0 Å². The van der Waals surface area contributed by atoms with Crippen LogP contribution < -0.4 is 10.1 Å². The van der Waals surface area contributed by atoms with E-state index in [2.05, 4.69) is 5.32 Å². The van der Waals surface area contributed by atoms with E-state index in [0.717, 1.165) is 4.70 Å². The van der Waals surface area contributed by atoms with Gasteiger partial charge in [-0.1, -0.05) is 0 Å². The molecule has 2 aromatic carbocycles. The fraction of sp³-hybridized carbons (Fsp3) is 0.158. The maximum Gasteiger partial charge on any atom is 0.349 e. The van der Waals surface area contributed by atoms with E-state index in [4.69, 9.17) is 9.47 Å². The van der Waals surface area contributed by atoms with Crippen LogP contribution in [0.25, 0.3) is 10.1 Å². The second kappa shape index (κ2) is 7.53. The number of carbonyl (C=O) groups is 2. The smallest absolute Gasteiger partial charge is 0.349 e. The van der Waals surface area contributed by atoms with Crippen molar-refractivity contribution in [1.29, 1.82) is 0 Å². The number of benzene rings is 2. The van der Waals surface area contributed by atoms with E-state index in [1.165, 1.54) is 30.4 Å². The first kappa shape index (κ1) is 17.9. The van der Waals surface area contributed by atoms with Crippen molar-refractivity contribution < 1.29 is 23.5 Å². The summed E-state index contributed by atoms with van der Waals surface area (Å²) >= 11 is 1.19. The highest BCUT2D eigenvalue weighted by Gasteiger charge is 2.20. The van der Waals surface area contributed by atoms with Crippen molar-refractivity contribution in [2.24, 2.45) is 0 Å². The van der Waals surface area contributed by atoms with Crippen LogP contribution in [0.3, 0.4) is 0 Å². The lowest BCUT2D eigenvalue weighted by Crippen LogP contribution is -2.29. The summed E-state index contributed by atoms with van der Waals surface area (Å²) in [5, 5.41) is 3.29. The van der Waals surface area contributed by atoms with E-state index < -0.39 is 18.0 Å². The molecule has 1 heterocycles. The molecule has 0 saturated heterocycles. The van der Waals surface area contributed by atoms with Gasteiger partial charge in [-0.15, -0.1) is 11.3 Å². The van der Waals surface area contributed by atoms with E-state index in [-0.39, 0.29) is 5.82 Å². The Hall–Kier alpha value is -2.93. The van der Waals surface area contributed by atoms with Gasteiger partial charge in [-0.05, 0) is 60.8 Å². The molecule has 0 aliphatic heterocycles. The zero-order chi connectivity index (χ0) is 18.7. The average molecular weight is 373 g/mol. The molecule has 1 N–H and O–H groups in total. The first-order chi connectivity index (χ1) is 12.5. The van der Waals surface area contributed by atoms with Crippen LogP contribution in [0.1, 0.15) is 16.6 Å². The molecule has 3 rings (SSSR count). The van der Waals surface area contributed by atoms with Gasteiger partial charge in [0.05, 0.1) is 7.11 Å². The van der Waals surface area contributed by atoms with Crippen LogP contribution in [0.15, 0.2) is 48.5 Å². The van der Waals surface area contributed by atoms with E-state index in [1.807, 2.05) is 0 Å². The van der Waals surface area contributed by atoms with Crippen molar-refractivity contribution in [2.45, 2.75) is 13.0 Å². The number of hydrogen-bond donors (Lipinski definition) is 1. The van der Waals surface area contributed by atoms with Crippen molar-refractivity contribution >= 4 is 39.0 Å². The average Bonchev–Trinajstić information content (AvgIpc) is 3.05. The topological polar surface area (TPSA) is 64.6 Å². The molecule has 0 spiro atoms. The largest absolute Gasteiger partial charge is 0.497 e. The highest BCUT2D eigenvalue weighted by molar-refractivity contribution is 7.20. The van der Waals surface area contributed by atoms with Gasteiger partial charge >= 0.3 is 5.97 Å². The normalized spacial score (nSPS) is 11.8. The van der Waals surface area contributed by atoms with Gasteiger partial charge in [0.1, 0.15) is 16.4 Å². The summed E-state index contributed by atoms with van der Waals surface area (Å²) in [6.45, 7) is 1.49. The maximum atomic E-state index is 13.2. The van der Waals surface area contributed by atoms with Gasteiger partial charge in [0, 0.05) is 10.4 Å². The third-order valence-electron chi connectivity index (χ3n) is 3.69. The standard InChI is InChI=1S/C19H16FNO4S/c1-11(18(22)21-14-4-6-15(24-2)7-5-14)25-19(23)17-10-12-9-13(20)3-8-16(12)26-17/h3-11H,1-2H3,(H,21,22)/t11-/m0/s1. The fourth-order valence-corrected chi connectivity index (χ4v) is 3.23. The number of thiophene rings is 1. The predicted molar refractivity (Wildman–Crippen MR) is 98.3 cm³/mol. The fourth-order valence-electron chi connectivity index (χ4n) is 2.31. The molecule has 0 bridgehead atoms. The van der Waals surface area contributed by atoms with Gasteiger partial charge in [-0.2, -0.15) is 0 Å². The molecule has 0 fully saturated rings. The molecule has 5 nitrogen and oxygen atoms in total. The monoisotopic (exact) mass is 373 g/mol. The van der Waals surface area contributed by atoms with Crippen LogP contribution in [0.2, 0.25) is 0 Å². The number of fused-ring (bicyclic) bond motifs is 1. The SMILES string of the molecule is COc1ccc(NC(=O)[C@H](C)OC(=O)c2cc3cc(F)ccc3s2)cc1. The molecule has 0 aliphatic carbocycles. The summed E-state index contributed by atoms with van der Waals surface area (Å²) in [7, 11) is 1.55. The molecule has 0 radical (unpaired) electrons. The zero-order valence-electron chi connectivity index (χ0n) is 14.1. The molecular formula is C19H16FNO4S. The number of amides is 1. The van der Waals surface area contributed by atoms with Gasteiger partial charge in [0.2, 0.25) is 0 Å². The Kier molecular flexibility index (Phi) is 5.18. The van der Waals surface area contributed by atoms with Gasteiger partial charge in [-0.3, -0.25) is 4.79 Å². The maximum absolute atomic E-state index is 13.2. The number of halogens is 1. The number of nitrogens with one attached hydrogen (secondary N) is 1. The Balaban J connectivity index is 1.64. The lowest BCUT2D eigenvalue weighted by atomic mass is 10.2. The van der Waals surface area contributed by atoms with Crippen LogP contribution >= 0.6 is 11.3 Å². The summed E-state index contributed by atoms with van der Waals surface area (Å²) in [6, 6.07) is 12.6. The van der Waals surface area contributed by atoms with Gasteiger partial charge < -0.3 is 14.8 Å². The summed E-state index contributed by atoms with van der Waals surface area (Å²) in [6.07, 6.45) is -0.980. The van der Waals surface area contributed by atoms with Crippen LogP contribution in [-0.2, 0) is 9.53 Å². The minimum absolute atomic E-state index is 0.315. The van der Waals surface area contributed by atoms with Crippen molar-refractivity contribution in [1.82, 2.24) is 0 Å². The minimum Gasteiger partial charge on any atom is -0.497 e. The lowest BCUT2D eigenvalue weighted by Gasteiger charge is -2.13. The summed E-state index contributed by atoms with van der Waals surface area (Å²) < 4.78 is 24.3. The molecule has 3 aromatic rings. The van der Waals surface area contributed by atoms with Crippen molar-refractivity contribution in [3.8, 4) is 5.75 Å². The number of hydrogen-bond acceptors (Lipinski definition) is 5. The number of rotatable bonds is 5. The van der Waals surface area contributed by atoms with Crippen molar-refractivity contribution in [3.05, 3.63) is 59.2 Å². The predicted octanol–water partition coefficient (Wildman–Crippen LogP) is 4.23. The first-order valence-corrected chi connectivity index (χ1v) is 8.63. The minimum atomic E-state index is -0.980. The molecule has 134 valence electrons. The molecule has 1 atom stereocenters. The van der Waals surface area contributed by atoms with Crippen molar-refractivity contribution in [3.63, 3.8) is 0 Å². The molecule has 0 unspecified atom stereocenters. The van der Waals surface area contributed by atoms with Crippen LogP contribution in [0.5, 0.6) is 5.75 Å². The molecule has 0 saturated carbocycles. The second-order valence-corrected chi connectivity index (χ2v) is 6.64. The highest BCUT2D eigenvalue weighted by atomic mass is 32.1. The Bertz CT molecular complexity index is 952. The van der Waals surface area contributed by atoms with Crippen LogP contribution in [0, 0.1) is 5.82 Å². The van der Waals surface area contributed by atoms with E-state index in [0.29, 0.717) is 21.7 Å². The number of carbonyl (C=O) groups excluding carboxylic acids is 2. The summed E-state index contributed by atoms with van der Waals surface area (Å²) in [5.41, 5.74) is 0.566. The molecule has 26 heavy (non-hydrogen) atoms. The quantitative estimate of drug-likeness (QED) is 0.680. The molecular weight excluding hydrogens is 357 g/mol. The third kappa shape index (κ3) is 4.00. The highest BCUT2D eigenvalue weighted by Crippen LogP contribution is 2.27. The van der Waals surface area contributed by atoms with E-state index in [1.54, 1.807) is 43.5 Å². The first-order valence-electron chi connectivity index (χ1n) is 7.81. The number of ether oxygens (including phenoxy) is 2. The summed E-state index contributed by atoms with van der Waals surface area (Å²) in [4.78, 5) is 24.7. The number of anilines is 1. The van der Waals surface area contributed by atoms with E-state index >= 15 is 0 Å². The number of methoxy groups -OCH3 is 1. The van der Waals surface area contributed by atoms with Crippen LogP contribution in [-0.4, -0.2) is 25.1 Å². The Labute approximate surface area is 153 Å². The van der Waals surface area contributed by atoms with Crippen molar-refractivity contribution in [2.75, 3.05) is 12.4 Å². The van der Waals surface area contributed by atoms with Gasteiger partial charge in [0.25, 0.3) is 5.91 Å². The Morgan fingerprint density at radius 1 is 1.12 bits per heavy atom. The molecule has 7 heteroatoms. The Morgan fingerprint density at radius 2 is 1.85 bits per heavy atom. The number of esters is 1. The zero-order valence-corrected chi connectivity index (χ0v) is 14.9.